The van der Waals surface area contributed by atoms with Gasteiger partial charge in [-0.05, 0) is 48.4 Å². The predicted molar refractivity (Wildman–Crippen MR) is 136 cm³/mol. The van der Waals surface area contributed by atoms with Gasteiger partial charge in [0.05, 0.1) is 11.0 Å². The van der Waals surface area contributed by atoms with Crippen LogP contribution >= 0.6 is 11.8 Å². The number of nitrogens with one attached hydrogen (secondary N) is 1. The van der Waals surface area contributed by atoms with E-state index >= 15 is 0 Å². The van der Waals surface area contributed by atoms with Gasteiger partial charge in [-0.15, -0.1) is 10.2 Å². The number of non-ortho nitro benzene ring substituents is 1. The number of hydrogen-bond acceptors (Lipinski definition) is 6. The number of rotatable bonds is 9. The number of aromatic nitrogens is 3. The smallest absolute Gasteiger partial charge is 0.269 e. The highest BCUT2D eigenvalue weighted by atomic mass is 32.2. The fourth-order valence-corrected chi connectivity index (χ4v) is 4.33. The number of hydrogen-bond donors (Lipinski definition) is 1. The SMILES string of the molecule is CC(NC(=O)C=Cc1ccccc1)c1nnc(SCc2ccc(F)cc2)n1-c1ccc([N+](=O)[O-])cc1. The van der Waals surface area contributed by atoms with Crippen LogP contribution in [-0.2, 0) is 10.5 Å². The van der Waals surface area contributed by atoms with Gasteiger partial charge in [0.1, 0.15) is 5.82 Å². The van der Waals surface area contributed by atoms with Gasteiger partial charge in [-0.1, -0.05) is 54.2 Å². The van der Waals surface area contributed by atoms with Crippen LogP contribution in [0.4, 0.5) is 10.1 Å². The Morgan fingerprint density at radius 1 is 1.08 bits per heavy atom. The molecule has 10 heteroatoms. The van der Waals surface area contributed by atoms with Crippen molar-refractivity contribution in [3.05, 3.63) is 118 Å². The van der Waals surface area contributed by atoms with Crippen LogP contribution in [0.1, 0.15) is 29.9 Å². The van der Waals surface area contributed by atoms with Crippen LogP contribution in [0, 0.1) is 15.9 Å². The molecule has 0 aliphatic carbocycles. The monoisotopic (exact) mass is 503 g/mol. The van der Waals surface area contributed by atoms with Crippen molar-refractivity contribution in [3.8, 4) is 5.69 Å². The molecule has 0 saturated carbocycles. The lowest BCUT2D eigenvalue weighted by molar-refractivity contribution is -0.384. The van der Waals surface area contributed by atoms with Crippen LogP contribution in [0.5, 0.6) is 0 Å². The van der Waals surface area contributed by atoms with Crippen LogP contribution in [0.2, 0.25) is 0 Å². The Balaban J connectivity index is 1.58. The first kappa shape index (κ1) is 24.8. The minimum Gasteiger partial charge on any atom is -0.343 e. The van der Waals surface area contributed by atoms with Crippen molar-refractivity contribution in [1.29, 1.82) is 0 Å². The molecule has 0 fully saturated rings. The zero-order valence-corrected chi connectivity index (χ0v) is 20.1. The summed E-state index contributed by atoms with van der Waals surface area (Å²) < 4.78 is 15.0. The summed E-state index contributed by atoms with van der Waals surface area (Å²) in [4.78, 5) is 23.2. The number of benzene rings is 3. The average Bonchev–Trinajstić information content (AvgIpc) is 3.32. The quantitative estimate of drug-likeness (QED) is 0.140. The van der Waals surface area contributed by atoms with Crippen molar-refractivity contribution in [2.45, 2.75) is 23.9 Å². The summed E-state index contributed by atoms with van der Waals surface area (Å²) in [5.41, 5.74) is 2.37. The third-order valence-corrected chi connectivity index (χ3v) is 6.23. The van der Waals surface area contributed by atoms with E-state index in [0.29, 0.717) is 22.4 Å². The molecule has 1 atom stereocenters. The molecule has 1 amide bonds. The van der Waals surface area contributed by atoms with Gasteiger partial charge in [-0.3, -0.25) is 19.5 Å². The van der Waals surface area contributed by atoms with Gasteiger partial charge in [0, 0.05) is 29.6 Å². The highest BCUT2D eigenvalue weighted by Gasteiger charge is 2.21. The minimum atomic E-state index is -0.513. The van der Waals surface area contributed by atoms with E-state index in [1.165, 1.54) is 42.1 Å². The fourth-order valence-electron chi connectivity index (χ4n) is 3.41. The van der Waals surface area contributed by atoms with E-state index in [9.17, 15) is 19.3 Å². The molecule has 0 saturated heterocycles. The molecule has 36 heavy (non-hydrogen) atoms. The lowest BCUT2D eigenvalue weighted by atomic mass is 10.2. The van der Waals surface area contributed by atoms with Crippen molar-refractivity contribution in [2.24, 2.45) is 0 Å². The van der Waals surface area contributed by atoms with Crippen LogP contribution in [-0.4, -0.2) is 25.6 Å². The van der Waals surface area contributed by atoms with Crippen LogP contribution in [0.15, 0.2) is 90.1 Å². The Kier molecular flexibility index (Phi) is 7.86. The molecule has 3 aromatic carbocycles. The summed E-state index contributed by atoms with van der Waals surface area (Å²) in [6.07, 6.45) is 3.16. The summed E-state index contributed by atoms with van der Waals surface area (Å²) in [6.45, 7) is 1.79. The van der Waals surface area contributed by atoms with Crippen molar-refractivity contribution in [3.63, 3.8) is 0 Å². The Labute approximate surface area is 211 Å². The molecule has 0 bridgehead atoms. The third kappa shape index (κ3) is 6.22. The molecule has 8 nitrogen and oxygen atoms in total. The number of carbonyl (C=O) groups excluding carboxylic acids is 1. The van der Waals surface area contributed by atoms with Gasteiger partial charge in [0.15, 0.2) is 11.0 Å². The first-order valence-corrected chi connectivity index (χ1v) is 12.0. The van der Waals surface area contributed by atoms with Crippen LogP contribution in [0.3, 0.4) is 0 Å². The molecule has 0 aliphatic heterocycles. The lowest BCUT2D eigenvalue weighted by Crippen LogP contribution is -2.27. The molecular formula is C26H22FN5O3S. The molecule has 4 aromatic rings. The van der Waals surface area contributed by atoms with Crippen molar-refractivity contribution < 1.29 is 14.1 Å². The number of nitrogens with zero attached hydrogens (tertiary/aromatic N) is 4. The van der Waals surface area contributed by atoms with E-state index in [0.717, 1.165) is 11.1 Å². The van der Waals surface area contributed by atoms with Crippen LogP contribution in [0.25, 0.3) is 11.8 Å². The Morgan fingerprint density at radius 3 is 2.44 bits per heavy atom. The summed E-state index contributed by atoms with van der Waals surface area (Å²) >= 11 is 1.38. The van der Waals surface area contributed by atoms with Crippen molar-refractivity contribution in [1.82, 2.24) is 20.1 Å². The summed E-state index contributed by atoms with van der Waals surface area (Å²) in [5.74, 6) is 0.356. The van der Waals surface area contributed by atoms with Crippen molar-refractivity contribution >= 4 is 29.4 Å². The van der Waals surface area contributed by atoms with E-state index in [2.05, 4.69) is 15.5 Å². The van der Waals surface area contributed by atoms with Gasteiger partial charge in [0.25, 0.3) is 5.69 Å². The van der Waals surface area contributed by atoms with E-state index in [1.54, 1.807) is 41.8 Å². The largest absolute Gasteiger partial charge is 0.343 e. The van der Waals surface area contributed by atoms with Gasteiger partial charge >= 0.3 is 0 Å². The number of carbonyl (C=O) groups is 1. The molecule has 4 rings (SSSR count). The molecule has 1 unspecified atom stereocenters. The fraction of sp³-hybridized carbons (Fsp3) is 0.115. The van der Waals surface area contributed by atoms with E-state index in [4.69, 9.17) is 0 Å². The third-order valence-electron chi connectivity index (χ3n) is 5.23. The minimum absolute atomic E-state index is 0.0405. The lowest BCUT2D eigenvalue weighted by Gasteiger charge is -2.15. The van der Waals surface area contributed by atoms with E-state index < -0.39 is 11.0 Å². The number of halogens is 1. The van der Waals surface area contributed by atoms with Gasteiger partial charge in [-0.25, -0.2) is 4.39 Å². The zero-order chi connectivity index (χ0) is 25.5. The maximum Gasteiger partial charge on any atom is 0.269 e. The number of nitro groups is 1. The molecule has 182 valence electrons. The average molecular weight is 504 g/mol. The van der Waals surface area contributed by atoms with Gasteiger partial charge in [0.2, 0.25) is 5.91 Å². The Bertz CT molecular complexity index is 1370. The second-order valence-electron chi connectivity index (χ2n) is 7.84. The molecular weight excluding hydrogens is 481 g/mol. The summed E-state index contributed by atoms with van der Waals surface area (Å²) in [6, 6.07) is 21.1. The molecule has 0 aliphatic rings. The highest BCUT2D eigenvalue weighted by Crippen LogP contribution is 2.28. The second-order valence-corrected chi connectivity index (χ2v) is 8.78. The number of thioether (sulfide) groups is 1. The molecule has 1 aromatic heterocycles. The number of nitro benzene ring substituents is 1. The Hall–Kier alpha value is -4.31. The van der Waals surface area contributed by atoms with E-state index in [-0.39, 0.29) is 17.4 Å². The molecule has 1 N–H and O–H groups in total. The first-order chi connectivity index (χ1) is 17.4. The number of amides is 1. The maximum absolute atomic E-state index is 13.3. The van der Waals surface area contributed by atoms with Gasteiger partial charge < -0.3 is 5.32 Å². The van der Waals surface area contributed by atoms with Gasteiger partial charge in [-0.2, -0.15) is 0 Å². The highest BCUT2D eigenvalue weighted by molar-refractivity contribution is 7.98. The zero-order valence-electron chi connectivity index (χ0n) is 19.2. The maximum atomic E-state index is 13.3. The van der Waals surface area contributed by atoms with Crippen molar-refractivity contribution in [2.75, 3.05) is 0 Å². The normalized spacial score (nSPS) is 11.9. The topological polar surface area (TPSA) is 103 Å². The standard InChI is InChI=1S/C26H22FN5O3S/c1-18(28-24(33)16-9-19-5-3-2-4-6-19)25-29-30-26(36-17-20-7-10-21(27)11-8-20)31(25)22-12-14-23(15-13-22)32(34)35/h2-16,18H,17H2,1H3,(H,28,33). The molecule has 1 heterocycles. The summed E-state index contributed by atoms with van der Waals surface area (Å²) in [7, 11) is 0. The predicted octanol–water partition coefficient (Wildman–Crippen LogP) is 5.50. The second kappa shape index (κ2) is 11.4. The Morgan fingerprint density at radius 2 is 1.78 bits per heavy atom. The molecule has 0 radical (unpaired) electrons. The summed E-state index contributed by atoms with van der Waals surface area (Å²) in [5, 5.41) is 23.1. The van der Waals surface area contributed by atoms with E-state index in [1.807, 2.05) is 30.3 Å². The van der Waals surface area contributed by atoms with Crippen LogP contribution < -0.4 is 5.32 Å². The molecule has 0 spiro atoms. The first-order valence-electron chi connectivity index (χ1n) is 11.0.